The Bertz CT molecular complexity index is 271. The van der Waals surface area contributed by atoms with Gasteiger partial charge >= 0.3 is 0 Å². The van der Waals surface area contributed by atoms with Crippen LogP contribution in [0.5, 0.6) is 5.75 Å². The maximum atomic E-state index is 5.13. The van der Waals surface area contributed by atoms with Crippen molar-refractivity contribution in [1.29, 1.82) is 0 Å². The van der Waals surface area contributed by atoms with Gasteiger partial charge in [-0.05, 0) is 24.5 Å². The highest BCUT2D eigenvalue weighted by atomic mass is 16.5. The number of nitrogens with zero attached hydrogens (tertiary/aromatic N) is 1. The lowest BCUT2D eigenvalue weighted by Crippen LogP contribution is -1.97. The van der Waals surface area contributed by atoms with Gasteiger partial charge in [0.2, 0.25) is 0 Å². The Hall–Kier alpha value is -1.05. The number of aromatic nitrogens is 1. The van der Waals surface area contributed by atoms with Gasteiger partial charge in [-0.1, -0.05) is 20.3 Å². The van der Waals surface area contributed by atoms with E-state index in [1.807, 2.05) is 0 Å². The average molecular weight is 179 g/mol. The Morgan fingerprint density at radius 3 is 2.69 bits per heavy atom. The third-order valence-electron chi connectivity index (χ3n) is 2.14. The van der Waals surface area contributed by atoms with E-state index in [2.05, 4.69) is 24.9 Å². The van der Waals surface area contributed by atoms with Gasteiger partial charge in [0, 0.05) is 5.69 Å². The summed E-state index contributed by atoms with van der Waals surface area (Å²) < 4.78 is 5.13. The van der Waals surface area contributed by atoms with E-state index in [4.69, 9.17) is 4.74 Å². The van der Waals surface area contributed by atoms with Crippen LogP contribution in [-0.4, -0.2) is 12.1 Å². The summed E-state index contributed by atoms with van der Waals surface area (Å²) in [6.07, 6.45) is 5.03. The van der Waals surface area contributed by atoms with Crippen molar-refractivity contribution >= 4 is 0 Å². The Kier molecular flexibility index (Phi) is 3.74. The van der Waals surface area contributed by atoms with Gasteiger partial charge in [-0.15, -0.1) is 0 Å². The van der Waals surface area contributed by atoms with Gasteiger partial charge in [0.25, 0.3) is 0 Å². The minimum absolute atomic E-state index is 0.858. The van der Waals surface area contributed by atoms with E-state index in [0.29, 0.717) is 0 Å². The lowest BCUT2D eigenvalue weighted by molar-refractivity contribution is 0.412. The second kappa shape index (κ2) is 4.85. The second-order valence-corrected chi connectivity index (χ2v) is 3.08. The first-order valence-corrected chi connectivity index (χ1v) is 4.83. The van der Waals surface area contributed by atoms with Gasteiger partial charge in [-0.25, -0.2) is 0 Å². The number of rotatable bonds is 4. The van der Waals surface area contributed by atoms with Gasteiger partial charge in [0.1, 0.15) is 5.75 Å². The third-order valence-corrected chi connectivity index (χ3v) is 2.14. The molecule has 0 fully saturated rings. The number of aryl methyl sites for hydroxylation is 2. The van der Waals surface area contributed by atoms with Crippen LogP contribution < -0.4 is 4.74 Å². The average Bonchev–Trinajstić information content (AvgIpc) is 2.19. The van der Waals surface area contributed by atoms with Crippen LogP contribution >= 0.6 is 0 Å². The van der Waals surface area contributed by atoms with Crippen molar-refractivity contribution in [3.05, 3.63) is 23.5 Å². The number of ether oxygens (including phenoxy) is 1. The summed E-state index contributed by atoms with van der Waals surface area (Å²) in [4.78, 5) is 4.39. The fourth-order valence-corrected chi connectivity index (χ4v) is 1.40. The first-order chi connectivity index (χ1) is 6.31. The van der Waals surface area contributed by atoms with E-state index >= 15 is 0 Å². The smallest absolute Gasteiger partial charge is 0.137 e. The van der Waals surface area contributed by atoms with Gasteiger partial charge in [-0.2, -0.15) is 0 Å². The molecule has 0 aliphatic carbocycles. The molecular weight excluding hydrogens is 162 g/mol. The predicted octanol–water partition coefficient (Wildman–Crippen LogP) is 2.61. The first-order valence-electron chi connectivity index (χ1n) is 4.83. The van der Waals surface area contributed by atoms with E-state index < -0.39 is 0 Å². The summed E-state index contributed by atoms with van der Waals surface area (Å²) in [6, 6.07) is 2.08. The molecule has 0 unspecified atom stereocenters. The highest BCUT2D eigenvalue weighted by Gasteiger charge is 2.02. The molecule has 0 amide bonds. The third kappa shape index (κ3) is 2.44. The van der Waals surface area contributed by atoms with Crippen molar-refractivity contribution in [2.24, 2.45) is 0 Å². The van der Waals surface area contributed by atoms with E-state index in [9.17, 15) is 0 Å². The number of hydrogen-bond donors (Lipinski definition) is 0. The molecule has 0 spiro atoms. The SMILES string of the molecule is CCCc1ncc(OC)cc1CC. The van der Waals surface area contributed by atoms with Crippen LogP contribution in [0, 0.1) is 0 Å². The van der Waals surface area contributed by atoms with Crippen molar-refractivity contribution in [3.63, 3.8) is 0 Å². The molecule has 1 heterocycles. The maximum Gasteiger partial charge on any atom is 0.137 e. The molecule has 2 heteroatoms. The van der Waals surface area contributed by atoms with Crippen LogP contribution in [0.15, 0.2) is 12.3 Å². The fraction of sp³-hybridized carbons (Fsp3) is 0.545. The zero-order valence-corrected chi connectivity index (χ0v) is 8.63. The molecule has 1 aromatic heterocycles. The Balaban J connectivity index is 2.93. The molecule has 72 valence electrons. The fourth-order valence-electron chi connectivity index (χ4n) is 1.40. The highest BCUT2D eigenvalue weighted by Crippen LogP contribution is 2.16. The molecule has 13 heavy (non-hydrogen) atoms. The molecule has 0 aliphatic rings. The molecule has 0 radical (unpaired) electrons. The molecule has 0 saturated heterocycles. The Morgan fingerprint density at radius 1 is 1.38 bits per heavy atom. The van der Waals surface area contributed by atoms with Gasteiger partial charge in [-0.3, -0.25) is 4.98 Å². The molecule has 0 aliphatic heterocycles. The summed E-state index contributed by atoms with van der Waals surface area (Å²) >= 11 is 0. The van der Waals surface area contributed by atoms with Crippen LogP contribution in [0.25, 0.3) is 0 Å². The normalized spacial score (nSPS) is 10.1. The van der Waals surface area contributed by atoms with Crippen molar-refractivity contribution in [2.45, 2.75) is 33.1 Å². The van der Waals surface area contributed by atoms with Crippen LogP contribution in [0.3, 0.4) is 0 Å². The van der Waals surface area contributed by atoms with Gasteiger partial charge < -0.3 is 4.74 Å². The molecule has 1 aromatic rings. The zero-order valence-electron chi connectivity index (χ0n) is 8.63. The Labute approximate surface area is 80.0 Å². The van der Waals surface area contributed by atoms with Gasteiger partial charge in [0.15, 0.2) is 0 Å². The zero-order chi connectivity index (χ0) is 9.68. The van der Waals surface area contributed by atoms with Crippen molar-refractivity contribution in [3.8, 4) is 5.75 Å². The first kappa shape index (κ1) is 10.0. The van der Waals surface area contributed by atoms with Crippen molar-refractivity contribution in [2.75, 3.05) is 7.11 Å². The largest absolute Gasteiger partial charge is 0.495 e. The summed E-state index contributed by atoms with van der Waals surface area (Å²) in [5.74, 6) is 0.858. The standard InChI is InChI=1S/C11H17NO/c1-4-6-11-9(5-2)7-10(13-3)8-12-11/h7-8H,4-6H2,1-3H3. The molecule has 0 aromatic carbocycles. The van der Waals surface area contributed by atoms with Gasteiger partial charge in [0.05, 0.1) is 13.3 Å². The van der Waals surface area contributed by atoms with E-state index in [0.717, 1.165) is 25.0 Å². The lowest BCUT2D eigenvalue weighted by atomic mass is 10.1. The lowest BCUT2D eigenvalue weighted by Gasteiger charge is -2.07. The second-order valence-electron chi connectivity index (χ2n) is 3.08. The molecule has 0 bridgehead atoms. The minimum atomic E-state index is 0.858. The van der Waals surface area contributed by atoms with Crippen LogP contribution in [0.1, 0.15) is 31.5 Å². The number of pyridine rings is 1. The maximum absolute atomic E-state index is 5.13. The predicted molar refractivity (Wildman–Crippen MR) is 54.2 cm³/mol. The molecule has 2 nitrogen and oxygen atoms in total. The van der Waals surface area contributed by atoms with Crippen molar-refractivity contribution in [1.82, 2.24) is 4.98 Å². The van der Waals surface area contributed by atoms with Crippen LogP contribution in [-0.2, 0) is 12.8 Å². The topological polar surface area (TPSA) is 22.1 Å². The molecule has 0 saturated carbocycles. The Morgan fingerprint density at radius 2 is 2.15 bits per heavy atom. The molecule has 1 rings (SSSR count). The summed E-state index contributed by atoms with van der Waals surface area (Å²) in [5.41, 5.74) is 2.52. The van der Waals surface area contributed by atoms with Crippen LogP contribution in [0.4, 0.5) is 0 Å². The summed E-state index contributed by atoms with van der Waals surface area (Å²) in [5, 5.41) is 0. The van der Waals surface area contributed by atoms with Crippen molar-refractivity contribution < 1.29 is 4.74 Å². The summed E-state index contributed by atoms with van der Waals surface area (Å²) in [6.45, 7) is 4.32. The summed E-state index contributed by atoms with van der Waals surface area (Å²) in [7, 11) is 1.68. The highest BCUT2D eigenvalue weighted by molar-refractivity contribution is 5.29. The number of hydrogen-bond acceptors (Lipinski definition) is 2. The monoisotopic (exact) mass is 179 g/mol. The quantitative estimate of drug-likeness (QED) is 0.708. The minimum Gasteiger partial charge on any atom is -0.495 e. The van der Waals surface area contributed by atoms with E-state index in [1.165, 1.54) is 11.3 Å². The van der Waals surface area contributed by atoms with E-state index in [1.54, 1.807) is 13.3 Å². The van der Waals surface area contributed by atoms with Crippen LogP contribution in [0.2, 0.25) is 0 Å². The number of methoxy groups -OCH3 is 1. The molecule has 0 atom stereocenters. The van der Waals surface area contributed by atoms with E-state index in [-0.39, 0.29) is 0 Å². The molecular formula is C11H17NO. The molecule has 0 N–H and O–H groups in total.